The van der Waals surface area contributed by atoms with Crippen LogP contribution in [0.3, 0.4) is 0 Å². The number of para-hydroxylation sites is 1. The monoisotopic (exact) mass is 438 g/mol. The van der Waals surface area contributed by atoms with Crippen LogP contribution >= 0.6 is 0 Å². The molecular formula is C24H26N2O4S. The molecule has 3 rings (SSSR count). The van der Waals surface area contributed by atoms with Crippen molar-refractivity contribution in [1.82, 2.24) is 5.32 Å². The maximum Gasteiger partial charge on any atom is 0.251 e. The smallest absolute Gasteiger partial charge is 0.251 e. The van der Waals surface area contributed by atoms with Crippen LogP contribution in [0.25, 0.3) is 0 Å². The molecule has 0 atom stereocenters. The first-order valence-electron chi connectivity index (χ1n) is 9.82. The van der Waals surface area contributed by atoms with Crippen LogP contribution in [0.2, 0.25) is 0 Å². The van der Waals surface area contributed by atoms with Crippen molar-refractivity contribution in [2.75, 3.05) is 17.7 Å². The Morgan fingerprint density at radius 3 is 2.16 bits per heavy atom. The highest BCUT2D eigenvalue weighted by Crippen LogP contribution is 2.23. The Morgan fingerprint density at radius 1 is 0.935 bits per heavy atom. The molecule has 0 bridgehead atoms. The number of benzene rings is 3. The second-order valence-electron chi connectivity index (χ2n) is 7.24. The van der Waals surface area contributed by atoms with Gasteiger partial charge in [-0.15, -0.1) is 0 Å². The van der Waals surface area contributed by atoms with E-state index < -0.39 is 10.0 Å². The predicted octanol–water partition coefficient (Wildman–Crippen LogP) is 3.90. The third-order valence-electron chi connectivity index (χ3n) is 5.02. The van der Waals surface area contributed by atoms with Crippen LogP contribution in [-0.2, 0) is 23.1 Å². The Morgan fingerprint density at radius 2 is 1.55 bits per heavy atom. The molecule has 1 N–H and O–H groups in total. The number of aryl methyl sites for hydroxylation is 1. The summed E-state index contributed by atoms with van der Waals surface area (Å²) in [5.41, 5.74) is 3.77. The zero-order valence-corrected chi connectivity index (χ0v) is 18.6. The van der Waals surface area contributed by atoms with Crippen LogP contribution in [0, 0.1) is 6.92 Å². The molecule has 31 heavy (non-hydrogen) atoms. The predicted molar refractivity (Wildman–Crippen MR) is 123 cm³/mol. The average molecular weight is 439 g/mol. The summed E-state index contributed by atoms with van der Waals surface area (Å²) in [6.07, 6.45) is 1.18. The summed E-state index contributed by atoms with van der Waals surface area (Å²) in [4.78, 5) is 12.5. The maximum absolute atomic E-state index is 12.5. The number of methoxy groups -OCH3 is 1. The fourth-order valence-corrected chi connectivity index (χ4v) is 4.13. The highest BCUT2D eigenvalue weighted by atomic mass is 32.2. The standard InChI is InChI=1S/C24H26N2O4S/c1-18-8-4-5-10-21(18)17-26(31(3,28)29)22-14-12-19(13-15-22)24(27)25-16-20-9-6-7-11-23(20)30-2/h4-15H,16-17H2,1-3H3,(H,25,27). The molecule has 1 amide bonds. The van der Waals surface area contributed by atoms with E-state index >= 15 is 0 Å². The van der Waals surface area contributed by atoms with Crippen LogP contribution in [0.5, 0.6) is 5.75 Å². The maximum atomic E-state index is 12.5. The molecule has 0 aromatic heterocycles. The van der Waals surface area contributed by atoms with Gasteiger partial charge in [-0.1, -0.05) is 42.5 Å². The SMILES string of the molecule is COc1ccccc1CNC(=O)c1ccc(N(Cc2ccccc2C)S(C)(=O)=O)cc1. The molecule has 162 valence electrons. The third kappa shape index (κ3) is 5.64. The van der Waals surface area contributed by atoms with Crippen molar-refractivity contribution in [2.24, 2.45) is 0 Å². The quantitative estimate of drug-likeness (QED) is 0.579. The van der Waals surface area contributed by atoms with Crippen LogP contribution in [0.4, 0.5) is 5.69 Å². The van der Waals surface area contributed by atoms with Crippen LogP contribution in [0.1, 0.15) is 27.0 Å². The van der Waals surface area contributed by atoms with Gasteiger partial charge in [0, 0.05) is 17.7 Å². The molecule has 3 aromatic rings. The van der Waals surface area contributed by atoms with Gasteiger partial charge in [0.1, 0.15) is 5.75 Å². The second kappa shape index (κ2) is 9.66. The summed E-state index contributed by atoms with van der Waals surface area (Å²) < 4.78 is 31.5. The highest BCUT2D eigenvalue weighted by Gasteiger charge is 2.19. The number of nitrogens with one attached hydrogen (secondary N) is 1. The topological polar surface area (TPSA) is 75.7 Å². The molecule has 6 nitrogen and oxygen atoms in total. The number of hydrogen-bond acceptors (Lipinski definition) is 4. The van der Waals surface area contributed by atoms with Crippen molar-refractivity contribution in [2.45, 2.75) is 20.0 Å². The van der Waals surface area contributed by atoms with Crippen molar-refractivity contribution in [3.63, 3.8) is 0 Å². The Labute approximate surface area is 183 Å². The molecule has 0 radical (unpaired) electrons. The number of amides is 1. The van der Waals surface area contributed by atoms with E-state index in [0.717, 1.165) is 16.7 Å². The van der Waals surface area contributed by atoms with Gasteiger partial charge in [0.15, 0.2) is 0 Å². The van der Waals surface area contributed by atoms with Crippen molar-refractivity contribution in [3.8, 4) is 5.75 Å². The number of carbonyl (C=O) groups excluding carboxylic acids is 1. The third-order valence-corrected chi connectivity index (χ3v) is 6.17. The lowest BCUT2D eigenvalue weighted by atomic mass is 10.1. The Bertz CT molecular complexity index is 1160. The van der Waals surface area contributed by atoms with Crippen molar-refractivity contribution in [3.05, 3.63) is 95.1 Å². The van der Waals surface area contributed by atoms with Gasteiger partial charge in [-0.25, -0.2) is 8.42 Å². The number of hydrogen-bond donors (Lipinski definition) is 1. The minimum atomic E-state index is -3.50. The summed E-state index contributed by atoms with van der Waals surface area (Å²) in [5, 5.41) is 2.87. The molecule has 0 saturated carbocycles. The fraction of sp³-hybridized carbons (Fsp3) is 0.208. The fourth-order valence-electron chi connectivity index (χ4n) is 3.25. The number of ether oxygens (including phenoxy) is 1. The largest absolute Gasteiger partial charge is 0.496 e. The Kier molecular flexibility index (Phi) is 6.97. The van der Waals surface area contributed by atoms with E-state index in [1.54, 1.807) is 31.4 Å². The summed E-state index contributed by atoms with van der Waals surface area (Å²) >= 11 is 0. The first kappa shape index (κ1) is 22.4. The van der Waals surface area contributed by atoms with Gasteiger partial charge in [0.05, 0.1) is 25.6 Å². The number of rotatable bonds is 8. The Hall–Kier alpha value is -3.32. The first-order chi connectivity index (χ1) is 14.8. The van der Waals surface area contributed by atoms with Gasteiger partial charge in [0.2, 0.25) is 10.0 Å². The van der Waals surface area contributed by atoms with E-state index in [-0.39, 0.29) is 12.5 Å². The molecule has 0 unspecified atom stereocenters. The molecule has 0 heterocycles. The molecule has 0 saturated heterocycles. The molecule has 0 aliphatic rings. The van der Waals surface area contributed by atoms with E-state index in [2.05, 4.69) is 5.32 Å². The number of anilines is 1. The molecular weight excluding hydrogens is 412 g/mol. The highest BCUT2D eigenvalue weighted by molar-refractivity contribution is 7.92. The number of nitrogens with zero attached hydrogens (tertiary/aromatic N) is 1. The van der Waals surface area contributed by atoms with E-state index in [1.165, 1.54) is 10.6 Å². The van der Waals surface area contributed by atoms with Gasteiger partial charge in [-0.3, -0.25) is 9.10 Å². The van der Waals surface area contributed by atoms with Crippen molar-refractivity contribution < 1.29 is 17.9 Å². The van der Waals surface area contributed by atoms with Crippen LogP contribution < -0.4 is 14.4 Å². The first-order valence-corrected chi connectivity index (χ1v) is 11.7. The van der Waals surface area contributed by atoms with Crippen LogP contribution in [-0.4, -0.2) is 27.7 Å². The average Bonchev–Trinajstić information content (AvgIpc) is 2.76. The Balaban J connectivity index is 1.75. The lowest BCUT2D eigenvalue weighted by Crippen LogP contribution is -2.29. The van der Waals surface area contributed by atoms with Gasteiger partial charge in [0.25, 0.3) is 5.91 Å². The van der Waals surface area contributed by atoms with E-state index in [1.807, 2.05) is 55.5 Å². The number of sulfonamides is 1. The summed E-state index contributed by atoms with van der Waals surface area (Å²) in [5.74, 6) is 0.459. The number of carbonyl (C=O) groups is 1. The van der Waals surface area contributed by atoms with Crippen molar-refractivity contribution in [1.29, 1.82) is 0 Å². The molecule has 7 heteroatoms. The van der Waals surface area contributed by atoms with E-state index in [0.29, 0.717) is 23.5 Å². The summed E-state index contributed by atoms with van der Waals surface area (Å²) in [6.45, 7) is 2.50. The molecule has 0 aliphatic heterocycles. The van der Waals surface area contributed by atoms with E-state index in [4.69, 9.17) is 4.74 Å². The lowest BCUT2D eigenvalue weighted by molar-refractivity contribution is 0.0950. The van der Waals surface area contributed by atoms with Gasteiger partial charge >= 0.3 is 0 Å². The minimum absolute atomic E-state index is 0.227. The zero-order valence-electron chi connectivity index (χ0n) is 17.8. The lowest BCUT2D eigenvalue weighted by Gasteiger charge is -2.23. The van der Waals surface area contributed by atoms with Gasteiger partial charge < -0.3 is 10.1 Å². The summed E-state index contributed by atoms with van der Waals surface area (Å²) in [7, 11) is -1.91. The van der Waals surface area contributed by atoms with E-state index in [9.17, 15) is 13.2 Å². The normalized spacial score (nSPS) is 11.1. The van der Waals surface area contributed by atoms with Gasteiger partial charge in [-0.05, 0) is 48.4 Å². The zero-order chi connectivity index (χ0) is 22.4. The van der Waals surface area contributed by atoms with Crippen LogP contribution in [0.15, 0.2) is 72.8 Å². The molecule has 3 aromatic carbocycles. The van der Waals surface area contributed by atoms with Gasteiger partial charge in [-0.2, -0.15) is 0 Å². The minimum Gasteiger partial charge on any atom is -0.496 e. The molecule has 0 fully saturated rings. The molecule has 0 aliphatic carbocycles. The second-order valence-corrected chi connectivity index (χ2v) is 9.14. The molecule has 0 spiro atoms. The van der Waals surface area contributed by atoms with Crippen molar-refractivity contribution >= 4 is 21.6 Å². The summed E-state index contributed by atoms with van der Waals surface area (Å²) in [6, 6.07) is 21.7.